The topological polar surface area (TPSA) is 58.4 Å². The predicted molar refractivity (Wildman–Crippen MR) is 72.9 cm³/mol. The molecule has 1 saturated heterocycles. The van der Waals surface area contributed by atoms with E-state index in [0.717, 1.165) is 43.2 Å². The third-order valence-corrected chi connectivity index (χ3v) is 3.92. The van der Waals surface area contributed by atoms with Gasteiger partial charge in [0.2, 0.25) is 5.91 Å². The summed E-state index contributed by atoms with van der Waals surface area (Å²) < 4.78 is 5.07. The van der Waals surface area contributed by atoms with Crippen molar-refractivity contribution >= 4 is 5.91 Å². The van der Waals surface area contributed by atoms with Gasteiger partial charge in [0.1, 0.15) is 5.76 Å². The molecule has 1 aromatic heterocycles. The maximum Gasteiger partial charge on any atom is 0.224 e. The molecule has 1 amide bonds. The Morgan fingerprint density at radius 3 is 2.89 bits per heavy atom. The van der Waals surface area contributed by atoms with E-state index in [1.54, 1.807) is 0 Å². The van der Waals surface area contributed by atoms with Crippen LogP contribution in [-0.4, -0.2) is 42.1 Å². The second-order valence-corrected chi connectivity index (χ2v) is 5.33. The summed E-state index contributed by atoms with van der Waals surface area (Å²) in [4.78, 5) is 14.4. The van der Waals surface area contributed by atoms with E-state index in [1.807, 2.05) is 13.8 Å². The van der Waals surface area contributed by atoms with Crippen molar-refractivity contribution in [3.8, 4) is 0 Å². The first-order valence-corrected chi connectivity index (χ1v) is 7.01. The summed E-state index contributed by atoms with van der Waals surface area (Å²) in [6, 6.07) is 0. The van der Waals surface area contributed by atoms with Crippen molar-refractivity contribution in [1.29, 1.82) is 0 Å². The zero-order valence-corrected chi connectivity index (χ0v) is 12.0. The lowest BCUT2D eigenvalue weighted by Crippen LogP contribution is -2.32. The highest BCUT2D eigenvalue weighted by molar-refractivity contribution is 5.78. The van der Waals surface area contributed by atoms with Gasteiger partial charge in [0.25, 0.3) is 0 Å². The maximum absolute atomic E-state index is 11.9. The molecule has 0 bridgehead atoms. The van der Waals surface area contributed by atoms with Crippen LogP contribution in [0.2, 0.25) is 0 Å². The highest BCUT2D eigenvalue weighted by Crippen LogP contribution is 2.15. The van der Waals surface area contributed by atoms with Gasteiger partial charge in [0, 0.05) is 18.7 Å². The second kappa shape index (κ2) is 6.19. The van der Waals surface area contributed by atoms with Crippen LogP contribution in [0.25, 0.3) is 0 Å². The molecule has 1 aromatic rings. The number of nitrogens with one attached hydrogen (secondary N) is 1. The quantitative estimate of drug-likeness (QED) is 0.871. The summed E-state index contributed by atoms with van der Waals surface area (Å²) in [5.74, 6) is 1.39. The Hall–Kier alpha value is -1.36. The fourth-order valence-corrected chi connectivity index (χ4v) is 2.60. The van der Waals surface area contributed by atoms with Crippen LogP contribution in [0.4, 0.5) is 0 Å². The fraction of sp³-hybridized carbons (Fsp3) is 0.714. The minimum absolute atomic E-state index is 0.0596. The summed E-state index contributed by atoms with van der Waals surface area (Å²) in [5, 5.41) is 6.89. The lowest BCUT2D eigenvalue weighted by Gasteiger charge is -2.13. The Bertz CT molecular complexity index is 422. The van der Waals surface area contributed by atoms with Crippen LogP contribution in [0, 0.1) is 19.8 Å². The van der Waals surface area contributed by atoms with Crippen LogP contribution in [0.5, 0.6) is 0 Å². The third kappa shape index (κ3) is 3.56. The van der Waals surface area contributed by atoms with E-state index >= 15 is 0 Å². The largest absolute Gasteiger partial charge is 0.361 e. The van der Waals surface area contributed by atoms with Crippen molar-refractivity contribution in [1.82, 2.24) is 15.4 Å². The summed E-state index contributed by atoms with van der Waals surface area (Å²) in [6.07, 6.45) is 1.55. The Labute approximate surface area is 114 Å². The van der Waals surface area contributed by atoms with Crippen molar-refractivity contribution in [2.45, 2.75) is 33.6 Å². The number of hydrogen-bond donors (Lipinski definition) is 1. The first-order chi connectivity index (χ1) is 9.10. The van der Waals surface area contributed by atoms with Crippen LogP contribution in [0.15, 0.2) is 4.52 Å². The molecular formula is C14H23N3O2. The van der Waals surface area contributed by atoms with Gasteiger partial charge in [-0.3, -0.25) is 4.79 Å². The number of aryl methyl sites for hydroxylation is 2. The number of aromatic nitrogens is 1. The van der Waals surface area contributed by atoms with Crippen LogP contribution in [0.1, 0.15) is 30.4 Å². The number of nitrogens with zero attached hydrogens (tertiary/aromatic N) is 2. The second-order valence-electron chi connectivity index (χ2n) is 5.33. The Balaban J connectivity index is 1.76. The van der Waals surface area contributed by atoms with Gasteiger partial charge in [-0.15, -0.1) is 0 Å². The minimum Gasteiger partial charge on any atom is -0.361 e. The molecule has 106 valence electrons. The fourth-order valence-electron chi connectivity index (χ4n) is 2.60. The molecule has 0 saturated carbocycles. The van der Waals surface area contributed by atoms with E-state index in [0.29, 0.717) is 12.3 Å². The highest BCUT2D eigenvalue weighted by atomic mass is 16.5. The van der Waals surface area contributed by atoms with Gasteiger partial charge in [-0.25, -0.2) is 0 Å². The third-order valence-electron chi connectivity index (χ3n) is 3.92. The molecule has 1 atom stereocenters. The smallest absolute Gasteiger partial charge is 0.224 e. The summed E-state index contributed by atoms with van der Waals surface area (Å²) >= 11 is 0. The first kappa shape index (κ1) is 14.1. The summed E-state index contributed by atoms with van der Waals surface area (Å²) in [5.41, 5.74) is 1.73. The van der Waals surface area contributed by atoms with Crippen molar-refractivity contribution in [3.05, 3.63) is 17.0 Å². The molecule has 1 N–H and O–H groups in total. The molecule has 5 nitrogen and oxygen atoms in total. The van der Waals surface area contributed by atoms with Crippen LogP contribution in [0.3, 0.4) is 0 Å². The molecule has 0 aromatic carbocycles. The SMILES string of the molecule is CCN1CCC(CNC(=O)Cc2c(C)noc2C)C1. The molecule has 1 fully saturated rings. The van der Waals surface area contributed by atoms with Gasteiger partial charge in [-0.1, -0.05) is 12.1 Å². The maximum atomic E-state index is 11.9. The normalized spacial score (nSPS) is 19.8. The van der Waals surface area contributed by atoms with E-state index in [1.165, 1.54) is 6.42 Å². The van der Waals surface area contributed by atoms with Crippen molar-refractivity contribution in [3.63, 3.8) is 0 Å². The summed E-state index contributed by atoms with van der Waals surface area (Å²) in [7, 11) is 0. The number of hydrogen-bond acceptors (Lipinski definition) is 4. The molecule has 2 rings (SSSR count). The molecule has 0 spiro atoms. The zero-order chi connectivity index (χ0) is 13.8. The van der Waals surface area contributed by atoms with E-state index in [4.69, 9.17) is 4.52 Å². The molecule has 5 heteroatoms. The van der Waals surface area contributed by atoms with Crippen molar-refractivity contribution < 1.29 is 9.32 Å². The van der Waals surface area contributed by atoms with Crippen LogP contribution >= 0.6 is 0 Å². The number of likely N-dealkylation sites (tertiary alicyclic amines) is 1. The van der Waals surface area contributed by atoms with Crippen LogP contribution < -0.4 is 5.32 Å². The van der Waals surface area contributed by atoms with Gasteiger partial charge >= 0.3 is 0 Å². The molecule has 19 heavy (non-hydrogen) atoms. The highest BCUT2D eigenvalue weighted by Gasteiger charge is 2.21. The molecule has 0 radical (unpaired) electrons. The Kier molecular flexibility index (Phi) is 4.58. The molecule has 1 aliphatic heterocycles. The van der Waals surface area contributed by atoms with Gasteiger partial charge in [-0.2, -0.15) is 0 Å². The Morgan fingerprint density at radius 1 is 1.53 bits per heavy atom. The minimum atomic E-state index is 0.0596. The molecule has 2 heterocycles. The van der Waals surface area contributed by atoms with Crippen LogP contribution in [-0.2, 0) is 11.2 Å². The molecule has 1 unspecified atom stereocenters. The number of amides is 1. The van der Waals surface area contributed by atoms with E-state index in [-0.39, 0.29) is 5.91 Å². The number of rotatable bonds is 5. The van der Waals surface area contributed by atoms with Gasteiger partial charge in [0.05, 0.1) is 12.1 Å². The van der Waals surface area contributed by atoms with Gasteiger partial charge in [-0.05, 0) is 39.3 Å². The number of carbonyl (C=O) groups excluding carboxylic acids is 1. The standard InChI is InChI=1S/C14H23N3O2/c1-4-17-6-5-12(9-17)8-15-14(18)7-13-10(2)16-19-11(13)3/h12H,4-9H2,1-3H3,(H,15,18). The lowest BCUT2D eigenvalue weighted by molar-refractivity contribution is -0.120. The predicted octanol–water partition coefficient (Wildman–Crippen LogP) is 1.29. The molecular weight excluding hydrogens is 242 g/mol. The Morgan fingerprint density at radius 2 is 2.32 bits per heavy atom. The molecule has 0 aliphatic carbocycles. The van der Waals surface area contributed by atoms with E-state index in [2.05, 4.69) is 22.3 Å². The monoisotopic (exact) mass is 265 g/mol. The number of carbonyl (C=O) groups is 1. The van der Waals surface area contributed by atoms with Crippen molar-refractivity contribution in [2.75, 3.05) is 26.2 Å². The summed E-state index contributed by atoms with van der Waals surface area (Å²) in [6.45, 7) is 10.0. The molecule has 1 aliphatic rings. The van der Waals surface area contributed by atoms with Gasteiger partial charge in [0.15, 0.2) is 0 Å². The average Bonchev–Trinajstić information content (AvgIpc) is 2.98. The van der Waals surface area contributed by atoms with Crippen molar-refractivity contribution in [2.24, 2.45) is 5.92 Å². The van der Waals surface area contributed by atoms with E-state index in [9.17, 15) is 4.79 Å². The van der Waals surface area contributed by atoms with Gasteiger partial charge < -0.3 is 14.7 Å². The first-order valence-electron chi connectivity index (χ1n) is 7.01. The van der Waals surface area contributed by atoms with E-state index < -0.39 is 0 Å². The average molecular weight is 265 g/mol. The lowest BCUT2D eigenvalue weighted by atomic mass is 10.1. The zero-order valence-electron chi connectivity index (χ0n) is 12.0.